The van der Waals surface area contributed by atoms with E-state index in [1.807, 2.05) is 6.92 Å². The fourth-order valence-corrected chi connectivity index (χ4v) is 2.58. The molecule has 0 fully saturated rings. The monoisotopic (exact) mass is 358 g/mol. The molecule has 0 aliphatic carbocycles. The average molecular weight is 359 g/mol. The van der Waals surface area contributed by atoms with Gasteiger partial charge in [0.2, 0.25) is 6.79 Å². The number of ether oxygens (including phenoxy) is 3. The van der Waals surface area contributed by atoms with E-state index < -0.39 is 6.10 Å². The van der Waals surface area contributed by atoms with Crippen molar-refractivity contribution in [2.24, 2.45) is 0 Å². The van der Waals surface area contributed by atoms with E-state index in [9.17, 15) is 9.90 Å². The van der Waals surface area contributed by atoms with Crippen LogP contribution in [0.25, 0.3) is 0 Å². The Labute approximate surface area is 132 Å². The van der Waals surface area contributed by atoms with Crippen molar-refractivity contribution in [2.45, 2.75) is 38.7 Å². The SMILES string of the molecule is CCCCOC(=O)CCC(O)c1cc(Br)c2c(c1)OCO2. The van der Waals surface area contributed by atoms with Gasteiger partial charge in [0.15, 0.2) is 11.5 Å². The van der Waals surface area contributed by atoms with Crippen LogP contribution in [0.1, 0.15) is 44.3 Å². The van der Waals surface area contributed by atoms with Gasteiger partial charge < -0.3 is 19.3 Å². The van der Waals surface area contributed by atoms with Crippen molar-refractivity contribution >= 4 is 21.9 Å². The van der Waals surface area contributed by atoms with Gasteiger partial charge in [-0.1, -0.05) is 13.3 Å². The normalized spacial score (nSPS) is 14.0. The first-order chi connectivity index (χ1) is 10.1. The molecule has 0 bridgehead atoms. The van der Waals surface area contributed by atoms with E-state index in [1.54, 1.807) is 12.1 Å². The van der Waals surface area contributed by atoms with Crippen LogP contribution >= 0.6 is 15.9 Å². The summed E-state index contributed by atoms with van der Waals surface area (Å²) in [6, 6.07) is 3.51. The molecule has 1 unspecified atom stereocenters. The van der Waals surface area contributed by atoms with E-state index >= 15 is 0 Å². The van der Waals surface area contributed by atoms with Crippen molar-refractivity contribution in [2.75, 3.05) is 13.4 Å². The highest BCUT2D eigenvalue weighted by Crippen LogP contribution is 2.41. The molecule has 0 saturated heterocycles. The molecule has 1 aromatic rings. The maximum Gasteiger partial charge on any atom is 0.305 e. The van der Waals surface area contributed by atoms with Gasteiger partial charge in [-0.25, -0.2) is 0 Å². The molecule has 0 saturated carbocycles. The number of fused-ring (bicyclic) bond motifs is 1. The Balaban J connectivity index is 1.87. The molecule has 1 N–H and O–H groups in total. The Morgan fingerprint density at radius 1 is 1.48 bits per heavy atom. The number of hydrogen-bond acceptors (Lipinski definition) is 5. The molecule has 5 nitrogen and oxygen atoms in total. The number of aliphatic hydroxyl groups excluding tert-OH is 1. The van der Waals surface area contributed by atoms with Crippen molar-refractivity contribution in [1.29, 1.82) is 0 Å². The summed E-state index contributed by atoms with van der Waals surface area (Å²) >= 11 is 3.38. The number of carbonyl (C=O) groups excluding carboxylic acids is 1. The van der Waals surface area contributed by atoms with Gasteiger partial charge in [0.25, 0.3) is 0 Å². The van der Waals surface area contributed by atoms with Gasteiger partial charge in [-0.05, 0) is 46.5 Å². The maximum absolute atomic E-state index is 11.5. The summed E-state index contributed by atoms with van der Waals surface area (Å²) in [4.78, 5) is 11.5. The molecule has 0 radical (unpaired) electrons. The summed E-state index contributed by atoms with van der Waals surface area (Å²) in [5.74, 6) is 0.969. The lowest BCUT2D eigenvalue weighted by molar-refractivity contribution is -0.144. The van der Waals surface area contributed by atoms with Crippen molar-refractivity contribution in [3.63, 3.8) is 0 Å². The Morgan fingerprint density at radius 3 is 3.05 bits per heavy atom. The van der Waals surface area contributed by atoms with E-state index in [2.05, 4.69) is 15.9 Å². The zero-order chi connectivity index (χ0) is 15.2. The minimum absolute atomic E-state index is 0.178. The number of halogens is 1. The second-order valence-electron chi connectivity index (χ2n) is 4.87. The number of rotatable bonds is 7. The second-order valence-corrected chi connectivity index (χ2v) is 5.72. The fourth-order valence-electron chi connectivity index (χ4n) is 2.00. The van der Waals surface area contributed by atoms with Crippen LogP contribution in [0.4, 0.5) is 0 Å². The first-order valence-electron chi connectivity index (χ1n) is 7.04. The van der Waals surface area contributed by atoms with Crippen LogP contribution in [-0.2, 0) is 9.53 Å². The summed E-state index contributed by atoms with van der Waals surface area (Å²) in [6.45, 7) is 2.66. The molecule has 6 heteroatoms. The minimum Gasteiger partial charge on any atom is -0.466 e. The van der Waals surface area contributed by atoms with Gasteiger partial charge in [-0.15, -0.1) is 0 Å². The Bertz CT molecular complexity index is 503. The zero-order valence-electron chi connectivity index (χ0n) is 11.9. The largest absolute Gasteiger partial charge is 0.466 e. The highest BCUT2D eigenvalue weighted by atomic mass is 79.9. The van der Waals surface area contributed by atoms with E-state index in [1.165, 1.54) is 0 Å². The van der Waals surface area contributed by atoms with Crippen LogP contribution in [0.2, 0.25) is 0 Å². The second kappa shape index (κ2) is 7.66. The van der Waals surface area contributed by atoms with Gasteiger partial charge in [-0.2, -0.15) is 0 Å². The standard InChI is InChI=1S/C15H19BrO5/c1-2-3-6-19-14(18)5-4-12(17)10-7-11(16)15-13(8-10)20-9-21-15/h7-8,12,17H,2-6,9H2,1H3. The molecule has 2 rings (SSSR count). The summed E-state index contributed by atoms with van der Waals surface area (Å²) in [6.07, 6.45) is 1.62. The van der Waals surface area contributed by atoms with Crippen LogP contribution in [0, 0.1) is 0 Å². The quantitative estimate of drug-likeness (QED) is 0.598. The fraction of sp³-hybridized carbons (Fsp3) is 0.533. The average Bonchev–Trinajstić information content (AvgIpc) is 2.94. The molecule has 1 aliphatic heterocycles. The molecule has 1 atom stereocenters. The molecule has 116 valence electrons. The van der Waals surface area contributed by atoms with Gasteiger partial charge in [0, 0.05) is 6.42 Å². The lowest BCUT2D eigenvalue weighted by Crippen LogP contribution is -2.08. The van der Waals surface area contributed by atoms with Gasteiger partial charge in [0.05, 0.1) is 17.2 Å². The van der Waals surface area contributed by atoms with Crippen molar-refractivity contribution < 1.29 is 24.1 Å². The highest BCUT2D eigenvalue weighted by Gasteiger charge is 2.21. The van der Waals surface area contributed by atoms with E-state index in [0.717, 1.165) is 17.3 Å². The smallest absolute Gasteiger partial charge is 0.305 e. The number of hydrogen-bond donors (Lipinski definition) is 1. The number of carbonyl (C=O) groups is 1. The Morgan fingerprint density at radius 2 is 2.29 bits per heavy atom. The first kappa shape index (κ1) is 16.1. The Kier molecular flexibility index (Phi) is 5.87. The van der Waals surface area contributed by atoms with Gasteiger partial charge in [-0.3, -0.25) is 4.79 Å². The Hall–Kier alpha value is -1.27. The third-order valence-corrected chi connectivity index (χ3v) is 3.81. The number of unbranched alkanes of at least 4 members (excludes halogenated alkanes) is 1. The van der Waals surface area contributed by atoms with Crippen LogP contribution in [-0.4, -0.2) is 24.5 Å². The molecule has 0 aromatic heterocycles. The number of esters is 1. The molecular formula is C15H19BrO5. The van der Waals surface area contributed by atoms with Crippen molar-refractivity contribution in [3.05, 3.63) is 22.2 Å². The van der Waals surface area contributed by atoms with Crippen LogP contribution < -0.4 is 9.47 Å². The first-order valence-corrected chi connectivity index (χ1v) is 7.83. The summed E-state index contributed by atoms with van der Waals surface area (Å²) in [5, 5.41) is 10.2. The predicted octanol–water partition coefficient (Wildman–Crippen LogP) is 3.33. The lowest BCUT2D eigenvalue weighted by atomic mass is 10.0. The molecule has 0 spiro atoms. The molecule has 21 heavy (non-hydrogen) atoms. The predicted molar refractivity (Wildman–Crippen MR) is 80.3 cm³/mol. The summed E-state index contributed by atoms with van der Waals surface area (Å²) < 4.78 is 16.4. The minimum atomic E-state index is -0.741. The zero-order valence-corrected chi connectivity index (χ0v) is 13.5. The number of aliphatic hydroxyl groups is 1. The molecular weight excluding hydrogens is 340 g/mol. The van der Waals surface area contributed by atoms with Gasteiger partial charge in [0.1, 0.15) is 0 Å². The summed E-state index contributed by atoms with van der Waals surface area (Å²) in [7, 11) is 0. The third kappa shape index (κ3) is 4.35. The van der Waals surface area contributed by atoms with Crippen molar-refractivity contribution in [3.8, 4) is 11.5 Å². The van der Waals surface area contributed by atoms with E-state index in [-0.39, 0.29) is 19.2 Å². The number of benzene rings is 1. The highest BCUT2D eigenvalue weighted by molar-refractivity contribution is 9.10. The third-order valence-electron chi connectivity index (χ3n) is 3.22. The topological polar surface area (TPSA) is 65.0 Å². The molecule has 1 aliphatic rings. The molecule has 0 amide bonds. The van der Waals surface area contributed by atoms with Gasteiger partial charge >= 0.3 is 5.97 Å². The summed E-state index contributed by atoms with van der Waals surface area (Å²) in [5.41, 5.74) is 0.687. The van der Waals surface area contributed by atoms with Crippen molar-refractivity contribution in [1.82, 2.24) is 0 Å². The lowest BCUT2D eigenvalue weighted by Gasteiger charge is -2.12. The van der Waals surface area contributed by atoms with Crippen LogP contribution in [0.3, 0.4) is 0 Å². The molecule has 1 aromatic carbocycles. The van der Waals surface area contributed by atoms with E-state index in [4.69, 9.17) is 14.2 Å². The molecule has 1 heterocycles. The van der Waals surface area contributed by atoms with Crippen LogP contribution in [0.15, 0.2) is 16.6 Å². The van der Waals surface area contributed by atoms with Crippen LogP contribution in [0.5, 0.6) is 11.5 Å². The maximum atomic E-state index is 11.5. The van der Waals surface area contributed by atoms with E-state index in [0.29, 0.717) is 30.1 Å².